The molecule has 0 aliphatic heterocycles. The van der Waals surface area contributed by atoms with Crippen molar-refractivity contribution in [1.82, 2.24) is 0 Å². The van der Waals surface area contributed by atoms with Gasteiger partial charge in [-0.05, 0) is 41.3 Å². The lowest BCUT2D eigenvalue weighted by Crippen LogP contribution is -2.17. The van der Waals surface area contributed by atoms with E-state index < -0.39 is 5.97 Å². The maximum atomic E-state index is 12.9. The molecule has 0 spiro atoms. The van der Waals surface area contributed by atoms with Crippen LogP contribution in [0.1, 0.15) is 31.9 Å². The summed E-state index contributed by atoms with van der Waals surface area (Å²) in [5.74, 6) is 1.32. The van der Waals surface area contributed by atoms with Gasteiger partial charge in [-0.2, -0.15) is 0 Å². The van der Waals surface area contributed by atoms with E-state index in [2.05, 4.69) is 0 Å². The molecule has 0 radical (unpaired) electrons. The third kappa shape index (κ3) is 5.03. The van der Waals surface area contributed by atoms with E-state index in [4.69, 9.17) is 18.9 Å². The van der Waals surface area contributed by atoms with E-state index in [9.17, 15) is 4.79 Å². The van der Waals surface area contributed by atoms with Gasteiger partial charge in [0.05, 0.1) is 27.6 Å². The molecular weight excluding hydrogens is 344 g/mol. The highest BCUT2D eigenvalue weighted by Crippen LogP contribution is 2.35. The minimum atomic E-state index is -0.513. The Labute approximate surface area is 160 Å². The number of hydrogen-bond acceptors (Lipinski definition) is 5. The molecule has 2 aromatic carbocycles. The molecule has 0 N–H and O–H groups in total. The first-order chi connectivity index (χ1) is 12.8. The van der Waals surface area contributed by atoms with Crippen molar-refractivity contribution in [3.05, 3.63) is 59.9 Å². The Kier molecular flexibility index (Phi) is 6.50. The highest BCUT2D eigenvalue weighted by atomic mass is 16.5. The fourth-order valence-corrected chi connectivity index (χ4v) is 2.61. The van der Waals surface area contributed by atoms with Crippen LogP contribution in [0.25, 0.3) is 5.57 Å². The molecule has 0 bridgehead atoms. The molecule has 2 aromatic rings. The van der Waals surface area contributed by atoms with E-state index in [1.54, 1.807) is 50.6 Å². The van der Waals surface area contributed by atoms with Gasteiger partial charge in [0, 0.05) is 5.56 Å². The Balaban J connectivity index is 2.40. The largest absolute Gasteiger partial charge is 0.503 e. The highest BCUT2D eigenvalue weighted by Gasteiger charge is 2.23. The quantitative estimate of drug-likeness (QED) is 0.322. The minimum Gasteiger partial charge on any atom is -0.503 e. The van der Waals surface area contributed by atoms with Gasteiger partial charge in [-0.3, -0.25) is 0 Å². The average Bonchev–Trinajstić information content (AvgIpc) is 2.65. The molecule has 0 atom stereocenters. The van der Waals surface area contributed by atoms with Crippen LogP contribution in [0.4, 0.5) is 0 Å². The lowest BCUT2D eigenvalue weighted by atomic mass is 9.86. The van der Waals surface area contributed by atoms with Gasteiger partial charge in [-0.25, -0.2) is 4.79 Å². The maximum absolute atomic E-state index is 12.9. The number of methoxy groups -OCH3 is 3. The van der Waals surface area contributed by atoms with Crippen LogP contribution >= 0.6 is 0 Å². The predicted molar refractivity (Wildman–Crippen MR) is 105 cm³/mol. The summed E-state index contributed by atoms with van der Waals surface area (Å²) in [6, 6.07) is 12.6. The Morgan fingerprint density at radius 2 is 1.59 bits per heavy atom. The summed E-state index contributed by atoms with van der Waals surface area (Å²) in [5.41, 5.74) is 1.59. The third-order valence-corrected chi connectivity index (χ3v) is 4.03. The molecule has 0 aromatic heterocycles. The Bertz CT molecular complexity index is 831. The second-order valence-corrected chi connectivity index (χ2v) is 7.00. The highest BCUT2D eigenvalue weighted by molar-refractivity contribution is 6.17. The third-order valence-electron chi connectivity index (χ3n) is 4.03. The van der Waals surface area contributed by atoms with Gasteiger partial charge in [-0.1, -0.05) is 32.9 Å². The number of carbonyl (C=O) groups excluding carboxylic acids is 1. The summed E-state index contributed by atoms with van der Waals surface area (Å²) in [6.45, 7) is 6.15. The van der Waals surface area contributed by atoms with Crippen LogP contribution in [0.2, 0.25) is 0 Å². The molecule has 0 fully saturated rings. The van der Waals surface area contributed by atoms with Gasteiger partial charge in [0.15, 0.2) is 0 Å². The first-order valence-corrected chi connectivity index (χ1v) is 8.58. The summed E-state index contributed by atoms with van der Waals surface area (Å²) < 4.78 is 21.4. The van der Waals surface area contributed by atoms with E-state index in [1.165, 1.54) is 13.4 Å². The van der Waals surface area contributed by atoms with E-state index in [1.807, 2.05) is 26.8 Å². The van der Waals surface area contributed by atoms with Crippen molar-refractivity contribution < 1.29 is 23.7 Å². The van der Waals surface area contributed by atoms with E-state index in [-0.39, 0.29) is 5.41 Å². The van der Waals surface area contributed by atoms with Crippen molar-refractivity contribution >= 4 is 11.5 Å². The zero-order valence-corrected chi connectivity index (χ0v) is 16.7. The van der Waals surface area contributed by atoms with Crippen molar-refractivity contribution in [2.45, 2.75) is 26.2 Å². The minimum absolute atomic E-state index is 0.231. The van der Waals surface area contributed by atoms with Crippen LogP contribution in [-0.4, -0.2) is 27.3 Å². The first kappa shape index (κ1) is 20.4. The molecule has 0 saturated carbocycles. The molecule has 0 heterocycles. The Hall–Kier alpha value is -2.95. The van der Waals surface area contributed by atoms with Crippen LogP contribution in [0.5, 0.6) is 17.2 Å². The molecular formula is C22H26O5. The molecule has 0 aliphatic rings. The summed E-state index contributed by atoms with van der Waals surface area (Å²) in [7, 11) is 4.67. The van der Waals surface area contributed by atoms with Crippen molar-refractivity contribution in [2.75, 3.05) is 21.3 Å². The van der Waals surface area contributed by atoms with Crippen LogP contribution in [0, 0.1) is 0 Å². The van der Waals surface area contributed by atoms with Crippen LogP contribution in [0.3, 0.4) is 0 Å². The second kappa shape index (κ2) is 8.62. The lowest BCUT2D eigenvalue weighted by molar-refractivity contribution is -0.128. The Morgan fingerprint density at radius 1 is 0.926 bits per heavy atom. The molecule has 27 heavy (non-hydrogen) atoms. The zero-order valence-electron chi connectivity index (χ0n) is 16.7. The molecule has 0 unspecified atom stereocenters. The SMILES string of the molecule is COC=C(C(=O)Oc1ccc(OC)cc1C(C)(C)C)c1cccc(OC)c1. The molecule has 0 amide bonds. The molecule has 0 aliphatic carbocycles. The standard InChI is InChI=1S/C22H26O5/c1-22(2,3)19-13-17(26-6)10-11-20(19)27-21(23)18(14-24-4)15-8-7-9-16(12-15)25-5/h7-14H,1-6H3. The number of hydrogen-bond donors (Lipinski definition) is 0. The van der Waals surface area contributed by atoms with Gasteiger partial charge in [0.2, 0.25) is 0 Å². The van der Waals surface area contributed by atoms with Crippen LogP contribution in [-0.2, 0) is 14.9 Å². The fraction of sp³-hybridized carbons (Fsp3) is 0.318. The Morgan fingerprint density at radius 3 is 2.19 bits per heavy atom. The van der Waals surface area contributed by atoms with Gasteiger partial charge < -0.3 is 18.9 Å². The van der Waals surface area contributed by atoms with Crippen molar-refractivity contribution in [1.29, 1.82) is 0 Å². The number of ether oxygens (including phenoxy) is 4. The van der Waals surface area contributed by atoms with Crippen molar-refractivity contribution in [2.24, 2.45) is 0 Å². The lowest BCUT2D eigenvalue weighted by Gasteiger charge is -2.23. The molecule has 0 saturated heterocycles. The maximum Gasteiger partial charge on any atom is 0.347 e. The smallest absolute Gasteiger partial charge is 0.347 e. The number of rotatable bonds is 6. The zero-order chi connectivity index (χ0) is 20.0. The normalized spacial score (nSPS) is 11.7. The van der Waals surface area contributed by atoms with Gasteiger partial charge in [0.1, 0.15) is 22.8 Å². The average molecular weight is 370 g/mol. The van der Waals surface area contributed by atoms with Gasteiger partial charge >= 0.3 is 5.97 Å². The topological polar surface area (TPSA) is 54.0 Å². The van der Waals surface area contributed by atoms with E-state index >= 15 is 0 Å². The number of carbonyl (C=O) groups is 1. The summed E-state index contributed by atoms with van der Waals surface area (Å²) in [4.78, 5) is 12.9. The summed E-state index contributed by atoms with van der Waals surface area (Å²) in [6.07, 6.45) is 1.37. The van der Waals surface area contributed by atoms with Crippen LogP contribution in [0.15, 0.2) is 48.7 Å². The van der Waals surface area contributed by atoms with E-state index in [0.717, 1.165) is 5.56 Å². The van der Waals surface area contributed by atoms with Crippen molar-refractivity contribution in [3.8, 4) is 17.2 Å². The van der Waals surface area contributed by atoms with Crippen LogP contribution < -0.4 is 14.2 Å². The number of esters is 1. The van der Waals surface area contributed by atoms with Crippen molar-refractivity contribution in [3.63, 3.8) is 0 Å². The van der Waals surface area contributed by atoms with Gasteiger partial charge in [-0.15, -0.1) is 0 Å². The first-order valence-electron chi connectivity index (χ1n) is 8.58. The van der Waals surface area contributed by atoms with E-state index in [0.29, 0.717) is 28.4 Å². The molecule has 5 heteroatoms. The predicted octanol–water partition coefficient (Wildman–Crippen LogP) is 4.59. The molecule has 5 nitrogen and oxygen atoms in total. The number of benzene rings is 2. The molecule has 144 valence electrons. The second-order valence-electron chi connectivity index (χ2n) is 7.00. The van der Waals surface area contributed by atoms with Gasteiger partial charge in [0.25, 0.3) is 0 Å². The fourth-order valence-electron chi connectivity index (χ4n) is 2.61. The summed E-state index contributed by atoms with van der Waals surface area (Å²) in [5, 5.41) is 0. The summed E-state index contributed by atoms with van der Waals surface area (Å²) >= 11 is 0. The molecule has 2 rings (SSSR count). The monoisotopic (exact) mass is 370 g/mol.